The van der Waals surface area contributed by atoms with E-state index in [4.69, 9.17) is 0 Å². The molecule has 0 fully saturated rings. The largest absolute Gasteiger partial charge is 0.234 e. The van der Waals surface area contributed by atoms with E-state index in [2.05, 4.69) is 50.3 Å². The van der Waals surface area contributed by atoms with Crippen molar-refractivity contribution in [2.75, 3.05) is 0 Å². The molecule has 2 heterocycles. The van der Waals surface area contributed by atoms with Crippen LogP contribution in [0, 0.1) is 0 Å². The van der Waals surface area contributed by atoms with Crippen molar-refractivity contribution in [2.45, 2.75) is 19.8 Å². The first kappa shape index (κ1) is 11.8. The summed E-state index contributed by atoms with van der Waals surface area (Å²) in [6, 6.07) is 8.14. The van der Waals surface area contributed by atoms with E-state index in [1.165, 1.54) is 0 Å². The molecule has 0 N–H and O–H groups in total. The number of nitrogens with zero attached hydrogens (tertiary/aromatic N) is 4. The molecule has 0 aliphatic rings. The van der Waals surface area contributed by atoms with Gasteiger partial charge in [-0.1, -0.05) is 46.3 Å². The molecule has 3 aromatic rings. The third-order valence-corrected chi connectivity index (χ3v) is 4.10. The Morgan fingerprint density at radius 2 is 2.00 bits per heavy atom. The standard InChI is InChI=1S/C12H11BrN4S/c1-2-3-10-14-15-12-17(10)16-11(18-12)8-4-6-9(13)7-5-8/h4-7H,2-3H2,1H3. The van der Waals surface area contributed by atoms with E-state index in [1.54, 1.807) is 11.3 Å². The average molecular weight is 323 g/mol. The molecular formula is C12H11BrN4S. The highest BCUT2D eigenvalue weighted by Gasteiger charge is 2.11. The Kier molecular flexibility index (Phi) is 3.13. The van der Waals surface area contributed by atoms with Gasteiger partial charge in [-0.25, -0.2) is 0 Å². The zero-order valence-corrected chi connectivity index (χ0v) is 12.2. The van der Waals surface area contributed by atoms with Crippen molar-refractivity contribution in [3.05, 3.63) is 34.6 Å². The number of hydrogen-bond acceptors (Lipinski definition) is 4. The molecule has 18 heavy (non-hydrogen) atoms. The van der Waals surface area contributed by atoms with Gasteiger partial charge in [0.15, 0.2) is 5.82 Å². The Morgan fingerprint density at radius 1 is 1.22 bits per heavy atom. The zero-order chi connectivity index (χ0) is 12.5. The van der Waals surface area contributed by atoms with Gasteiger partial charge in [0.2, 0.25) is 4.96 Å². The van der Waals surface area contributed by atoms with Crippen LogP contribution in [0.25, 0.3) is 15.5 Å². The molecule has 0 saturated carbocycles. The van der Waals surface area contributed by atoms with Gasteiger partial charge in [-0.05, 0) is 18.6 Å². The summed E-state index contributed by atoms with van der Waals surface area (Å²) in [6.07, 6.45) is 1.95. The first-order valence-corrected chi connectivity index (χ1v) is 7.36. The minimum absolute atomic E-state index is 0.858. The molecule has 0 aliphatic heterocycles. The fraction of sp³-hybridized carbons (Fsp3) is 0.250. The summed E-state index contributed by atoms with van der Waals surface area (Å²) in [4.78, 5) is 0.858. The van der Waals surface area contributed by atoms with Crippen LogP contribution in [-0.4, -0.2) is 19.8 Å². The number of aryl methyl sites for hydroxylation is 1. The van der Waals surface area contributed by atoms with Crippen molar-refractivity contribution >= 4 is 32.2 Å². The van der Waals surface area contributed by atoms with E-state index in [-0.39, 0.29) is 0 Å². The van der Waals surface area contributed by atoms with Crippen LogP contribution in [0.3, 0.4) is 0 Å². The topological polar surface area (TPSA) is 43.1 Å². The van der Waals surface area contributed by atoms with Gasteiger partial charge in [-0.2, -0.15) is 9.61 Å². The molecule has 0 spiro atoms. The van der Waals surface area contributed by atoms with Crippen LogP contribution in [0.4, 0.5) is 0 Å². The second kappa shape index (κ2) is 4.78. The maximum atomic E-state index is 4.59. The molecule has 92 valence electrons. The quantitative estimate of drug-likeness (QED) is 0.740. The smallest absolute Gasteiger partial charge is 0.187 e. The molecule has 0 aliphatic carbocycles. The van der Waals surface area contributed by atoms with Crippen molar-refractivity contribution in [1.82, 2.24) is 19.8 Å². The predicted molar refractivity (Wildman–Crippen MR) is 75.8 cm³/mol. The maximum Gasteiger partial charge on any atom is 0.234 e. The summed E-state index contributed by atoms with van der Waals surface area (Å²) in [5.74, 6) is 0.937. The highest BCUT2D eigenvalue weighted by molar-refractivity contribution is 9.10. The van der Waals surface area contributed by atoms with Crippen LogP contribution in [0.5, 0.6) is 0 Å². The van der Waals surface area contributed by atoms with Crippen molar-refractivity contribution in [2.24, 2.45) is 0 Å². The average Bonchev–Trinajstić information content (AvgIpc) is 2.93. The van der Waals surface area contributed by atoms with E-state index in [0.717, 1.165) is 38.7 Å². The Labute approximate surface area is 117 Å². The normalized spacial score (nSPS) is 11.2. The summed E-state index contributed by atoms with van der Waals surface area (Å²) in [5, 5.41) is 13.9. The number of rotatable bonds is 3. The Hall–Kier alpha value is -1.27. The first-order valence-electron chi connectivity index (χ1n) is 5.75. The molecule has 1 aromatic carbocycles. The van der Waals surface area contributed by atoms with E-state index in [9.17, 15) is 0 Å². The molecule has 0 unspecified atom stereocenters. The highest BCUT2D eigenvalue weighted by Crippen LogP contribution is 2.26. The van der Waals surface area contributed by atoms with Gasteiger partial charge in [-0.15, -0.1) is 10.2 Å². The summed E-state index contributed by atoms with van der Waals surface area (Å²) >= 11 is 5.00. The molecule has 0 bridgehead atoms. The van der Waals surface area contributed by atoms with Gasteiger partial charge in [0.05, 0.1) is 0 Å². The lowest BCUT2D eigenvalue weighted by molar-refractivity contribution is 0.778. The fourth-order valence-corrected chi connectivity index (χ4v) is 2.87. The summed E-state index contributed by atoms with van der Waals surface area (Å²) in [7, 11) is 0. The van der Waals surface area contributed by atoms with Crippen LogP contribution in [0.2, 0.25) is 0 Å². The molecule has 6 heteroatoms. The molecular weight excluding hydrogens is 312 g/mol. The second-order valence-corrected chi connectivity index (χ2v) is 5.85. The van der Waals surface area contributed by atoms with E-state index < -0.39 is 0 Å². The monoisotopic (exact) mass is 322 g/mol. The van der Waals surface area contributed by atoms with Gasteiger partial charge in [0, 0.05) is 16.5 Å². The third kappa shape index (κ3) is 2.06. The van der Waals surface area contributed by atoms with E-state index in [1.807, 2.05) is 16.6 Å². The molecule has 4 nitrogen and oxygen atoms in total. The number of benzene rings is 1. The van der Waals surface area contributed by atoms with Gasteiger partial charge in [0.1, 0.15) is 5.01 Å². The molecule has 3 rings (SSSR count). The van der Waals surface area contributed by atoms with Gasteiger partial charge in [0.25, 0.3) is 0 Å². The lowest BCUT2D eigenvalue weighted by Gasteiger charge is -1.95. The number of halogens is 1. The van der Waals surface area contributed by atoms with Gasteiger partial charge >= 0.3 is 0 Å². The highest BCUT2D eigenvalue weighted by atomic mass is 79.9. The van der Waals surface area contributed by atoms with Crippen LogP contribution < -0.4 is 0 Å². The molecule has 2 aromatic heterocycles. The summed E-state index contributed by atoms with van der Waals surface area (Å²) in [6.45, 7) is 2.13. The third-order valence-electron chi connectivity index (χ3n) is 2.62. The Balaban J connectivity index is 2.05. The number of aromatic nitrogens is 4. The molecule has 0 amide bonds. The van der Waals surface area contributed by atoms with Crippen LogP contribution >= 0.6 is 27.3 Å². The van der Waals surface area contributed by atoms with Crippen LogP contribution in [0.15, 0.2) is 28.7 Å². The Bertz CT molecular complexity index is 671. The number of hydrogen-bond donors (Lipinski definition) is 0. The molecule has 0 radical (unpaired) electrons. The minimum Gasteiger partial charge on any atom is -0.187 e. The second-order valence-electron chi connectivity index (χ2n) is 3.97. The molecule has 0 saturated heterocycles. The summed E-state index contributed by atoms with van der Waals surface area (Å²) in [5.41, 5.74) is 1.11. The predicted octanol–water partition coefficient (Wildman–Crippen LogP) is 3.57. The van der Waals surface area contributed by atoms with E-state index >= 15 is 0 Å². The van der Waals surface area contributed by atoms with E-state index in [0.29, 0.717) is 0 Å². The first-order chi connectivity index (χ1) is 8.78. The van der Waals surface area contributed by atoms with Crippen molar-refractivity contribution < 1.29 is 0 Å². The molecule has 0 atom stereocenters. The van der Waals surface area contributed by atoms with Crippen molar-refractivity contribution in [3.8, 4) is 10.6 Å². The van der Waals surface area contributed by atoms with Crippen molar-refractivity contribution in [3.63, 3.8) is 0 Å². The van der Waals surface area contributed by atoms with Crippen LogP contribution in [-0.2, 0) is 6.42 Å². The number of fused-ring (bicyclic) bond motifs is 1. The maximum absolute atomic E-state index is 4.59. The zero-order valence-electron chi connectivity index (χ0n) is 9.80. The lowest BCUT2D eigenvalue weighted by Crippen LogP contribution is -1.95. The fourth-order valence-electron chi connectivity index (χ4n) is 1.75. The SMILES string of the molecule is CCCc1nnc2sc(-c3ccc(Br)cc3)nn12. The summed E-state index contributed by atoms with van der Waals surface area (Å²) < 4.78 is 2.92. The van der Waals surface area contributed by atoms with Gasteiger partial charge in [-0.3, -0.25) is 0 Å². The Morgan fingerprint density at radius 3 is 2.72 bits per heavy atom. The minimum atomic E-state index is 0.858. The van der Waals surface area contributed by atoms with Crippen LogP contribution in [0.1, 0.15) is 19.2 Å². The lowest BCUT2D eigenvalue weighted by atomic mass is 10.2. The van der Waals surface area contributed by atoms with Gasteiger partial charge < -0.3 is 0 Å². The van der Waals surface area contributed by atoms with Crippen molar-refractivity contribution in [1.29, 1.82) is 0 Å².